The van der Waals surface area contributed by atoms with E-state index in [1.807, 2.05) is 30.3 Å². The van der Waals surface area contributed by atoms with Crippen LogP contribution >= 0.6 is 0 Å². The van der Waals surface area contributed by atoms with Crippen molar-refractivity contribution in [3.63, 3.8) is 0 Å². The molecule has 2 aliphatic heterocycles. The molecule has 0 unspecified atom stereocenters. The van der Waals surface area contributed by atoms with Gasteiger partial charge in [0.05, 0.1) is 18.5 Å². The number of allylic oxidation sites excluding steroid dienone is 1. The predicted octanol–water partition coefficient (Wildman–Crippen LogP) is 3.11. The number of fused-ring (bicyclic) bond motifs is 3. The van der Waals surface area contributed by atoms with E-state index in [4.69, 9.17) is 0 Å². The van der Waals surface area contributed by atoms with E-state index in [0.717, 1.165) is 5.56 Å². The van der Waals surface area contributed by atoms with Crippen molar-refractivity contribution in [1.29, 1.82) is 0 Å². The predicted molar refractivity (Wildman–Crippen MR) is 122 cm³/mol. The Hall–Kier alpha value is -2.91. The standard InChI is InChI=1S/C25H28F3N3O3/c1-2-6-17-9-10-20-21-18(14-31(20)24(17)34)19(15-32)22(30(21)12-11-25(26,27)28)23(33)29-13-16-7-4-3-5-8-16/h2-10,18-19,21-22,32H,11-15H2,1H3,(H,29,33)/b6-2+/t18-,19-,21+,22-/m0/s1. The van der Waals surface area contributed by atoms with Gasteiger partial charge >= 0.3 is 6.18 Å². The fourth-order valence-corrected chi connectivity index (χ4v) is 5.33. The molecule has 3 heterocycles. The molecule has 0 spiro atoms. The summed E-state index contributed by atoms with van der Waals surface area (Å²) in [6, 6.07) is 11.2. The van der Waals surface area contributed by atoms with Gasteiger partial charge < -0.3 is 15.0 Å². The molecule has 34 heavy (non-hydrogen) atoms. The number of aliphatic hydroxyl groups excluding tert-OH is 1. The van der Waals surface area contributed by atoms with Crippen molar-refractivity contribution in [2.45, 2.75) is 44.7 Å². The number of benzene rings is 1. The summed E-state index contributed by atoms with van der Waals surface area (Å²) in [5.74, 6) is -1.36. The van der Waals surface area contributed by atoms with E-state index in [-0.39, 0.29) is 31.2 Å². The molecule has 1 fully saturated rings. The molecule has 0 aliphatic carbocycles. The minimum absolute atomic E-state index is 0.220. The SMILES string of the molecule is C/C=C/c1ccc2n(c1=O)C[C@H]1[C@H](CO)[C@@H](C(=O)NCc3ccccc3)N(CCC(F)(F)F)[C@@H]21. The van der Waals surface area contributed by atoms with Crippen molar-refractivity contribution in [3.05, 3.63) is 75.7 Å². The number of nitrogens with zero attached hydrogens (tertiary/aromatic N) is 2. The lowest BCUT2D eigenvalue weighted by Gasteiger charge is -2.31. The van der Waals surface area contributed by atoms with Crippen LogP contribution in [0.2, 0.25) is 0 Å². The summed E-state index contributed by atoms with van der Waals surface area (Å²) in [6.07, 6.45) is -2.04. The van der Waals surface area contributed by atoms with Gasteiger partial charge in [-0.2, -0.15) is 13.2 Å². The molecule has 9 heteroatoms. The van der Waals surface area contributed by atoms with Crippen LogP contribution in [0.1, 0.15) is 36.2 Å². The van der Waals surface area contributed by atoms with Gasteiger partial charge in [0.1, 0.15) is 0 Å². The van der Waals surface area contributed by atoms with E-state index < -0.39 is 43.1 Å². The highest BCUT2D eigenvalue weighted by molar-refractivity contribution is 5.82. The molecular formula is C25H28F3N3O3. The topological polar surface area (TPSA) is 74.6 Å². The van der Waals surface area contributed by atoms with E-state index in [9.17, 15) is 27.9 Å². The van der Waals surface area contributed by atoms with Crippen molar-refractivity contribution >= 4 is 12.0 Å². The van der Waals surface area contributed by atoms with Gasteiger partial charge in [-0.05, 0) is 24.6 Å². The lowest BCUT2D eigenvalue weighted by atomic mass is 9.88. The van der Waals surface area contributed by atoms with Crippen molar-refractivity contribution in [3.8, 4) is 0 Å². The van der Waals surface area contributed by atoms with Gasteiger partial charge in [0.2, 0.25) is 5.91 Å². The van der Waals surface area contributed by atoms with Gasteiger partial charge in [-0.1, -0.05) is 42.5 Å². The molecule has 182 valence electrons. The van der Waals surface area contributed by atoms with Crippen LogP contribution in [0, 0.1) is 11.8 Å². The molecule has 6 nitrogen and oxygen atoms in total. The molecule has 0 saturated carbocycles. The Morgan fingerprint density at radius 2 is 1.94 bits per heavy atom. The van der Waals surface area contributed by atoms with Crippen LogP contribution in [0.5, 0.6) is 0 Å². The lowest BCUT2D eigenvalue weighted by molar-refractivity contribution is -0.143. The number of rotatable bonds is 7. The molecule has 0 radical (unpaired) electrons. The van der Waals surface area contributed by atoms with Crippen molar-refractivity contribution in [2.75, 3.05) is 13.2 Å². The highest BCUT2D eigenvalue weighted by Crippen LogP contribution is 2.49. The van der Waals surface area contributed by atoms with E-state index in [1.165, 1.54) is 4.90 Å². The third kappa shape index (κ3) is 4.67. The molecule has 1 amide bonds. The average molecular weight is 476 g/mol. The number of aromatic nitrogens is 1. The van der Waals surface area contributed by atoms with E-state index in [1.54, 1.807) is 35.8 Å². The number of halogens is 3. The van der Waals surface area contributed by atoms with E-state index in [2.05, 4.69) is 5.32 Å². The molecule has 2 aliphatic rings. The normalized spacial score (nSPS) is 24.4. The maximum atomic E-state index is 13.2. The van der Waals surface area contributed by atoms with E-state index >= 15 is 0 Å². The number of hydrogen-bond donors (Lipinski definition) is 2. The van der Waals surface area contributed by atoms with Gasteiger partial charge in [0.15, 0.2) is 0 Å². The third-order valence-corrected chi connectivity index (χ3v) is 6.80. The number of carbonyl (C=O) groups is 1. The number of hydrogen-bond acceptors (Lipinski definition) is 4. The first-order valence-electron chi connectivity index (χ1n) is 11.4. The summed E-state index contributed by atoms with van der Waals surface area (Å²) < 4.78 is 41.1. The van der Waals surface area contributed by atoms with Gasteiger partial charge in [0.25, 0.3) is 5.56 Å². The zero-order chi connectivity index (χ0) is 24.5. The van der Waals surface area contributed by atoms with Gasteiger partial charge in [-0.3, -0.25) is 14.5 Å². The molecule has 1 aromatic heterocycles. The summed E-state index contributed by atoms with van der Waals surface area (Å²) >= 11 is 0. The number of nitrogens with one attached hydrogen (secondary N) is 1. The zero-order valence-electron chi connectivity index (χ0n) is 18.8. The van der Waals surface area contributed by atoms with Crippen molar-refractivity contribution in [2.24, 2.45) is 11.8 Å². The van der Waals surface area contributed by atoms with Gasteiger partial charge in [-0.25, -0.2) is 0 Å². The smallest absolute Gasteiger partial charge is 0.390 e. The van der Waals surface area contributed by atoms with Crippen molar-refractivity contribution < 1.29 is 23.1 Å². The Kier molecular flexibility index (Phi) is 6.95. The molecule has 2 N–H and O–H groups in total. The minimum atomic E-state index is -4.40. The van der Waals surface area contributed by atoms with E-state index in [0.29, 0.717) is 11.3 Å². The Morgan fingerprint density at radius 3 is 2.59 bits per heavy atom. The third-order valence-electron chi connectivity index (χ3n) is 6.80. The Bertz CT molecular complexity index is 1110. The molecule has 4 atom stereocenters. The van der Waals surface area contributed by atoms with Crippen LogP contribution in [0.25, 0.3) is 6.08 Å². The second-order valence-corrected chi connectivity index (χ2v) is 8.84. The first kappa shape index (κ1) is 24.2. The van der Waals surface area contributed by atoms with Crippen molar-refractivity contribution in [1.82, 2.24) is 14.8 Å². The van der Waals surface area contributed by atoms with Crippen LogP contribution in [0.3, 0.4) is 0 Å². The quantitative estimate of drug-likeness (QED) is 0.646. The zero-order valence-corrected chi connectivity index (χ0v) is 18.8. The number of likely N-dealkylation sites (tertiary alicyclic amines) is 1. The Morgan fingerprint density at radius 1 is 1.21 bits per heavy atom. The number of alkyl halides is 3. The summed E-state index contributed by atoms with van der Waals surface area (Å²) in [4.78, 5) is 27.7. The van der Waals surface area contributed by atoms with Crippen LogP contribution in [-0.4, -0.2) is 45.9 Å². The second kappa shape index (κ2) is 9.76. The molecule has 4 rings (SSSR count). The fourth-order valence-electron chi connectivity index (χ4n) is 5.33. The maximum absolute atomic E-state index is 13.2. The molecule has 1 saturated heterocycles. The molecule has 2 aromatic rings. The highest BCUT2D eigenvalue weighted by atomic mass is 19.4. The molecule has 0 bridgehead atoms. The number of pyridine rings is 1. The summed E-state index contributed by atoms with van der Waals surface area (Å²) in [5, 5.41) is 13.1. The first-order valence-corrected chi connectivity index (χ1v) is 11.4. The van der Waals surface area contributed by atoms with Gasteiger partial charge in [0, 0.05) is 49.3 Å². The molecular weight excluding hydrogens is 447 g/mol. The van der Waals surface area contributed by atoms with Gasteiger partial charge in [-0.15, -0.1) is 0 Å². The van der Waals surface area contributed by atoms with Crippen LogP contribution in [0.15, 0.2) is 53.3 Å². The lowest BCUT2D eigenvalue weighted by Crippen LogP contribution is -2.49. The summed E-state index contributed by atoms with van der Waals surface area (Å²) in [5.41, 5.74) is 1.72. The fraction of sp³-hybridized carbons (Fsp3) is 0.440. The maximum Gasteiger partial charge on any atom is 0.390 e. The Balaban J connectivity index is 1.67. The molecule has 1 aromatic carbocycles. The van der Waals surface area contributed by atoms with Crippen LogP contribution < -0.4 is 10.9 Å². The monoisotopic (exact) mass is 475 g/mol. The average Bonchev–Trinajstić information content (AvgIpc) is 3.33. The summed E-state index contributed by atoms with van der Waals surface area (Å²) in [6.45, 7) is 1.53. The first-order chi connectivity index (χ1) is 16.2. The second-order valence-electron chi connectivity index (χ2n) is 8.84. The highest BCUT2D eigenvalue weighted by Gasteiger charge is 2.55. The number of aliphatic hydroxyl groups is 1. The van der Waals surface area contributed by atoms with Crippen LogP contribution in [-0.2, 0) is 17.9 Å². The largest absolute Gasteiger partial charge is 0.396 e. The minimum Gasteiger partial charge on any atom is -0.396 e. The Labute approximate surface area is 195 Å². The number of amides is 1. The number of carbonyl (C=O) groups excluding carboxylic acids is 1. The summed E-state index contributed by atoms with van der Waals surface area (Å²) in [7, 11) is 0. The van der Waals surface area contributed by atoms with Crippen LogP contribution in [0.4, 0.5) is 13.2 Å².